The molecule has 1 aliphatic heterocycles. The predicted octanol–water partition coefficient (Wildman–Crippen LogP) is 0.920. The molecule has 0 unspecified atom stereocenters. The van der Waals surface area contributed by atoms with Crippen molar-refractivity contribution < 1.29 is 33.4 Å². The van der Waals surface area contributed by atoms with Gasteiger partial charge in [0.1, 0.15) is 6.04 Å². The predicted molar refractivity (Wildman–Crippen MR) is 101 cm³/mol. The van der Waals surface area contributed by atoms with E-state index in [1.807, 2.05) is 6.92 Å². The number of fused-ring (bicyclic) bond motifs is 1. The monoisotopic (exact) mass is 404 g/mol. The Balaban J connectivity index is 1.81. The van der Waals surface area contributed by atoms with E-state index in [2.05, 4.69) is 10.1 Å². The van der Waals surface area contributed by atoms with Crippen molar-refractivity contribution in [2.75, 3.05) is 20.3 Å². The van der Waals surface area contributed by atoms with Gasteiger partial charge in [-0.3, -0.25) is 24.1 Å². The van der Waals surface area contributed by atoms with Gasteiger partial charge in [-0.2, -0.15) is 0 Å². The molecule has 3 amide bonds. The lowest BCUT2D eigenvalue weighted by Crippen LogP contribution is -2.47. The molecule has 0 spiro atoms. The second-order valence-electron chi connectivity index (χ2n) is 6.67. The molecule has 29 heavy (non-hydrogen) atoms. The standard InChI is InChI=1S/C20H24N2O7/c1-4-12(2)17(20(27)28-3)21-15(23)11-29-16(24)9-10-22-18(25)13-7-5-6-8-14(13)19(22)26/h5-8,12,17H,4,9-11H2,1-3H3,(H,21,23)/t12-,17+/m1/s1. The molecular weight excluding hydrogens is 380 g/mol. The highest BCUT2D eigenvalue weighted by Crippen LogP contribution is 2.22. The number of nitrogens with zero attached hydrogens (tertiary/aromatic N) is 1. The number of methoxy groups -OCH3 is 1. The van der Waals surface area contributed by atoms with Gasteiger partial charge in [-0.25, -0.2) is 4.79 Å². The number of ether oxygens (including phenoxy) is 2. The van der Waals surface area contributed by atoms with Gasteiger partial charge in [0.05, 0.1) is 24.7 Å². The maximum Gasteiger partial charge on any atom is 0.328 e. The summed E-state index contributed by atoms with van der Waals surface area (Å²) in [6.45, 7) is 2.93. The van der Waals surface area contributed by atoms with Gasteiger partial charge in [0.25, 0.3) is 17.7 Å². The van der Waals surface area contributed by atoms with Crippen molar-refractivity contribution in [2.24, 2.45) is 5.92 Å². The minimum Gasteiger partial charge on any atom is -0.467 e. The third kappa shape index (κ3) is 5.18. The third-order valence-corrected chi connectivity index (χ3v) is 4.77. The second-order valence-corrected chi connectivity index (χ2v) is 6.67. The number of carbonyl (C=O) groups is 5. The lowest BCUT2D eigenvalue weighted by molar-refractivity contribution is -0.151. The fourth-order valence-electron chi connectivity index (χ4n) is 2.87. The van der Waals surface area contributed by atoms with Gasteiger partial charge in [0.2, 0.25) is 0 Å². The lowest BCUT2D eigenvalue weighted by atomic mass is 9.99. The Bertz CT molecular complexity index is 786. The smallest absolute Gasteiger partial charge is 0.328 e. The van der Waals surface area contributed by atoms with Gasteiger partial charge >= 0.3 is 11.9 Å². The van der Waals surface area contributed by atoms with Crippen LogP contribution in [0.3, 0.4) is 0 Å². The molecule has 1 aromatic carbocycles. The first-order valence-electron chi connectivity index (χ1n) is 9.28. The van der Waals surface area contributed by atoms with Crippen LogP contribution in [0.5, 0.6) is 0 Å². The van der Waals surface area contributed by atoms with E-state index in [0.717, 1.165) is 4.90 Å². The van der Waals surface area contributed by atoms with E-state index in [9.17, 15) is 24.0 Å². The van der Waals surface area contributed by atoms with Crippen molar-refractivity contribution in [2.45, 2.75) is 32.7 Å². The summed E-state index contributed by atoms with van der Waals surface area (Å²) in [6.07, 6.45) is 0.394. The van der Waals surface area contributed by atoms with Crippen LogP contribution in [-0.2, 0) is 23.9 Å². The highest BCUT2D eigenvalue weighted by Gasteiger charge is 2.35. The van der Waals surface area contributed by atoms with E-state index in [0.29, 0.717) is 17.5 Å². The molecule has 0 saturated carbocycles. The molecule has 156 valence electrons. The number of rotatable bonds is 9. The largest absolute Gasteiger partial charge is 0.467 e. The van der Waals surface area contributed by atoms with Crippen LogP contribution in [0.25, 0.3) is 0 Å². The molecule has 0 fully saturated rings. The first-order valence-corrected chi connectivity index (χ1v) is 9.28. The zero-order valence-electron chi connectivity index (χ0n) is 16.6. The summed E-state index contributed by atoms with van der Waals surface area (Å²) in [6, 6.07) is 5.57. The van der Waals surface area contributed by atoms with Crippen molar-refractivity contribution in [1.29, 1.82) is 0 Å². The zero-order valence-corrected chi connectivity index (χ0v) is 16.6. The van der Waals surface area contributed by atoms with E-state index < -0.39 is 42.3 Å². The molecule has 2 atom stereocenters. The van der Waals surface area contributed by atoms with E-state index in [1.54, 1.807) is 31.2 Å². The summed E-state index contributed by atoms with van der Waals surface area (Å²) in [7, 11) is 1.23. The van der Waals surface area contributed by atoms with Gasteiger partial charge in [0, 0.05) is 6.54 Å². The van der Waals surface area contributed by atoms with Crippen LogP contribution in [0.4, 0.5) is 0 Å². The number of carbonyl (C=O) groups excluding carboxylic acids is 5. The number of benzene rings is 1. The minimum absolute atomic E-state index is 0.148. The van der Waals surface area contributed by atoms with Crippen molar-refractivity contribution in [3.8, 4) is 0 Å². The molecule has 0 aromatic heterocycles. The quantitative estimate of drug-likeness (QED) is 0.480. The first kappa shape index (κ1) is 22.1. The Labute approximate surface area is 168 Å². The number of hydrogen-bond donors (Lipinski definition) is 1. The molecule has 0 radical (unpaired) electrons. The summed E-state index contributed by atoms with van der Waals surface area (Å²) in [4.78, 5) is 61.1. The van der Waals surface area contributed by atoms with E-state index in [-0.39, 0.29) is 18.9 Å². The molecule has 1 heterocycles. The summed E-state index contributed by atoms with van der Waals surface area (Å²) < 4.78 is 9.56. The third-order valence-electron chi connectivity index (χ3n) is 4.77. The van der Waals surface area contributed by atoms with Crippen molar-refractivity contribution in [1.82, 2.24) is 10.2 Å². The van der Waals surface area contributed by atoms with Crippen LogP contribution in [0.15, 0.2) is 24.3 Å². The van der Waals surface area contributed by atoms with Gasteiger partial charge < -0.3 is 14.8 Å². The summed E-state index contributed by atoms with van der Waals surface area (Å²) in [5.74, 6) is -3.05. The summed E-state index contributed by atoms with van der Waals surface area (Å²) >= 11 is 0. The van der Waals surface area contributed by atoms with Gasteiger partial charge in [-0.05, 0) is 18.1 Å². The number of nitrogens with one attached hydrogen (secondary N) is 1. The Morgan fingerprint density at radius 2 is 1.69 bits per heavy atom. The highest BCUT2D eigenvalue weighted by molar-refractivity contribution is 6.21. The first-order chi connectivity index (χ1) is 13.8. The second kappa shape index (κ2) is 9.81. The minimum atomic E-state index is -0.838. The molecule has 0 saturated heterocycles. The van der Waals surface area contributed by atoms with E-state index in [1.165, 1.54) is 7.11 Å². The van der Waals surface area contributed by atoms with Crippen molar-refractivity contribution >= 4 is 29.7 Å². The van der Waals surface area contributed by atoms with Crippen LogP contribution in [0.1, 0.15) is 47.4 Å². The molecule has 1 N–H and O–H groups in total. The zero-order chi connectivity index (χ0) is 21.6. The van der Waals surface area contributed by atoms with Gasteiger partial charge in [0.15, 0.2) is 6.61 Å². The van der Waals surface area contributed by atoms with Crippen LogP contribution in [0, 0.1) is 5.92 Å². The van der Waals surface area contributed by atoms with Crippen molar-refractivity contribution in [3.63, 3.8) is 0 Å². The SMILES string of the molecule is CC[C@@H](C)[C@H](NC(=O)COC(=O)CCN1C(=O)c2ccccc2C1=O)C(=O)OC. The van der Waals surface area contributed by atoms with Gasteiger partial charge in [-0.15, -0.1) is 0 Å². The van der Waals surface area contributed by atoms with Gasteiger partial charge in [-0.1, -0.05) is 32.4 Å². The topological polar surface area (TPSA) is 119 Å². The average molecular weight is 404 g/mol. The van der Waals surface area contributed by atoms with Crippen LogP contribution >= 0.6 is 0 Å². The molecule has 0 bridgehead atoms. The Kier molecular flexibility index (Phi) is 7.46. The number of hydrogen-bond acceptors (Lipinski definition) is 7. The lowest BCUT2D eigenvalue weighted by Gasteiger charge is -2.21. The van der Waals surface area contributed by atoms with E-state index >= 15 is 0 Å². The normalized spacial score (nSPS) is 14.8. The number of imide groups is 1. The molecular formula is C20H24N2O7. The van der Waals surface area contributed by atoms with Crippen molar-refractivity contribution in [3.05, 3.63) is 35.4 Å². The highest BCUT2D eigenvalue weighted by atomic mass is 16.5. The van der Waals surface area contributed by atoms with Crippen LogP contribution in [-0.4, -0.2) is 60.9 Å². The maximum absolute atomic E-state index is 12.2. The Hall–Kier alpha value is -3.23. The molecule has 0 aliphatic carbocycles. The maximum atomic E-state index is 12.2. The average Bonchev–Trinajstić information content (AvgIpc) is 2.98. The fraction of sp³-hybridized carbons (Fsp3) is 0.450. The fourth-order valence-corrected chi connectivity index (χ4v) is 2.87. The Morgan fingerprint density at radius 1 is 1.10 bits per heavy atom. The molecule has 9 heteroatoms. The molecule has 1 aliphatic rings. The Morgan fingerprint density at radius 3 is 2.21 bits per heavy atom. The summed E-state index contributed by atoms with van der Waals surface area (Å²) in [5, 5.41) is 2.49. The molecule has 2 rings (SSSR count). The number of amides is 3. The molecule has 1 aromatic rings. The molecule has 9 nitrogen and oxygen atoms in total. The van der Waals surface area contributed by atoms with Crippen LogP contribution in [0.2, 0.25) is 0 Å². The number of esters is 2. The summed E-state index contributed by atoms with van der Waals surface area (Å²) in [5.41, 5.74) is 0.591. The van der Waals surface area contributed by atoms with Crippen LogP contribution < -0.4 is 5.32 Å². The van der Waals surface area contributed by atoms with E-state index in [4.69, 9.17) is 4.74 Å².